The van der Waals surface area contributed by atoms with E-state index in [-0.39, 0.29) is 0 Å². The van der Waals surface area contributed by atoms with Gasteiger partial charge in [-0.15, -0.1) is 0 Å². The number of hydrogen-bond donors (Lipinski definition) is 1. The summed E-state index contributed by atoms with van der Waals surface area (Å²) in [4.78, 5) is 23.5. The van der Waals surface area contributed by atoms with Gasteiger partial charge in [0, 0.05) is 12.3 Å². The van der Waals surface area contributed by atoms with Crippen molar-refractivity contribution < 1.29 is 22.4 Å². The third kappa shape index (κ3) is 4.24. The summed E-state index contributed by atoms with van der Waals surface area (Å²) in [5, 5.41) is 2.57. The molecule has 0 saturated heterocycles. The van der Waals surface area contributed by atoms with Crippen LogP contribution in [0.1, 0.15) is 30.0 Å². The number of hydrogen-bond acceptors (Lipinski definition) is 3. The lowest BCUT2D eigenvalue weighted by molar-refractivity contribution is -0.138. The van der Waals surface area contributed by atoms with E-state index in [4.69, 9.17) is 4.42 Å². The monoisotopic (exact) mass is 328 g/mol. The predicted molar refractivity (Wildman–Crippen MR) is 75.7 cm³/mol. The average molecular weight is 328 g/mol. The normalized spacial score (nSPS) is 12.9. The Balaban J connectivity index is 2.09. The van der Waals surface area contributed by atoms with Gasteiger partial charge in [0.1, 0.15) is 18.1 Å². The van der Waals surface area contributed by atoms with Crippen LogP contribution in [0.4, 0.5) is 13.2 Å². The first kappa shape index (κ1) is 16.9. The average Bonchev–Trinajstić information content (AvgIpc) is 2.86. The van der Waals surface area contributed by atoms with Crippen LogP contribution in [0.25, 0.3) is 0 Å². The van der Waals surface area contributed by atoms with Gasteiger partial charge in [-0.1, -0.05) is 0 Å². The first-order valence-corrected chi connectivity index (χ1v) is 6.80. The fourth-order valence-electron chi connectivity index (χ4n) is 2.02. The van der Waals surface area contributed by atoms with Gasteiger partial charge in [0.25, 0.3) is 5.56 Å². The Kier molecular flexibility index (Phi) is 4.63. The van der Waals surface area contributed by atoms with Crippen LogP contribution in [0.3, 0.4) is 0 Å². The van der Waals surface area contributed by atoms with E-state index in [2.05, 4.69) is 5.32 Å². The van der Waals surface area contributed by atoms with Gasteiger partial charge in [-0.05, 0) is 32.0 Å². The van der Waals surface area contributed by atoms with Gasteiger partial charge in [-0.25, -0.2) is 0 Å². The minimum atomic E-state index is -4.58. The molecule has 0 aliphatic carbocycles. The Morgan fingerprint density at radius 1 is 1.30 bits per heavy atom. The lowest BCUT2D eigenvalue weighted by Gasteiger charge is -2.13. The van der Waals surface area contributed by atoms with Crippen LogP contribution in [0.2, 0.25) is 0 Å². The molecule has 124 valence electrons. The largest absolute Gasteiger partial charge is 0.464 e. The maximum atomic E-state index is 12.6. The Labute approximate surface area is 129 Å². The highest BCUT2D eigenvalue weighted by Gasteiger charge is 2.31. The van der Waals surface area contributed by atoms with Gasteiger partial charge in [0.05, 0.1) is 11.6 Å². The van der Waals surface area contributed by atoms with E-state index in [0.717, 1.165) is 10.6 Å². The van der Waals surface area contributed by atoms with Crippen molar-refractivity contribution in [1.82, 2.24) is 9.88 Å². The van der Waals surface area contributed by atoms with E-state index in [1.54, 1.807) is 26.0 Å². The molecule has 0 aromatic carbocycles. The standard InChI is InChI=1S/C15H15F3N2O3/c1-9-3-5-12(23-9)10(2)19-13(21)8-20-7-11(15(16,17)18)4-6-14(20)22/h3-7,10H,8H2,1-2H3,(H,19,21)/t10-/m1/s1. The molecule has 23 heavy (non-hydrogen) atoms. The minimum absolute atomic E-state index is 0.460. The van der Waals surface area contributed by atoms with E-state index in [9.17, 15) is 22.8 Å². The molecular weight excluding hydrogens is 313 g/mol. The van der Waals surface area contributed by atoms with Crippen LogP contribution < -0.4 is 10.9 Å². The van der Waals surface area contributed by atoms with Gasteiger partial charge in [-0.2, -0.15) is 13.2 Å². The molecular formula is C15H15F3N2O3. The van der Waals surface area contributed by atoms with Crippen LogP contribution >= 0.6 is 0 Å². The molecule has 0 fully saturated rings. The fraction of sp³-hybridized carbons (Fsp3) is 0.333. The number of aromatic nitrogens is 1. The number of pyridine rings is 1. The molecule has 2 rings (SSSR count). The summed E-state index contributed by atoms with van der Waals surface area (Å²) in [6.07, 6.45) is -3.95. The zero-order valence-corrected chi connectivity index (χ0v) is 12.5. The predicted octanol–water partition coefficient (Wildman–Crippen LogP) is 2.65. The third-order valence-corrected chi connectivity index (χ3v) is 3.19. The van der Waals surface area contributed by atoms with Crippen molar-refractivity contribution >= 4 is 5.91 Å². The molecule has 2 aromatic rings. The summed E-state index contributed by atoms with van der Waals surface area (Å²) in [5.41, 5.74) is -1.67. The molecule has 8 heteroatoms. The highest BCUT2D eigenvalue weighted by Crippen LogP contribution is 2.28. The molecule has 0 spiro atoms. The summed E-state index contributed by atoms with van der Waals surface area (Å²) < 4.78 is 44.0. The van der Waals surface area contributed by atoms with Crippen molar-refractivity contribution in [2.24, 2.45) is 0 Å². The van der Waals surface area contributed by atoms with Crippen molar-refractivity contribution in [3.8, 4) is 0 Å². The molecule has 0 aliphatic rings. The maximum absolute atomic E-state index is 12.6. The Morgan fingerprint density at radius 2 is 2.00 bits per heavy atom. The molecule has 0 aliphatic heterocycles. The molecule has 0 unspecified atom stereocenters. The molecule has 0 radical (unpaired) electrons. The number of carbonyl (C=O) groups is 1. The van der Waals surface area contributed by atoms with Gasteiger partial charge in [0.15, 0.2) is 0 Å². The summed E-state index contributed by atoms with van der Waals surface area (Å²) in [6.45, 7) is 2.91. The molecule has 1 amide bonds. The number of amides is 1. The van der Waals surface area contributed by atoms with Crippen LogP contribution in [0.15, 0.2) is 39.7 Å². The lowest BCUT2D eigenvalue weighted by atomic mass is 10.2. The molecule has 1 N–H and O–H groups in total. The van der Waals surface area contributed by atoms with E-state index in [1.165, 1.54) is 0 Å². The molecule has 0 saturated carbocycles. The zero-order valence-electron chi connectivity index (χ0n) is 12.5. The van der Waals surface area contributed by atoms with E-state index >= 15 is 0 Å². The Hall–Kier alpha value is -2.51. The van der Waals surface area contributed by atoms with Crippen molar-refractivity contribution in [3.63, 3.8) is 0 Å². The summed E-state index contributed by atoms with van der Waals surface area (Å²) >= 11 is 0. The van der Waals surface area contributed by atoms with Crippen LogP contribution in [0, 0.1) is 6.92 Å². The highest BCUT2D eigenvalue weighted by molar-refractivity contribution is 5.76. The van der Waals surface area contributed by atoms with Crippen molar-refractivity contribution in [1.29, 1.82) is 0 Å². The van der Waals surface area contributed by atoms with Crippen molar-refractivity contribution in [3.05, 3.63) is 57.9 Å². The van der Waals surface area contributed by atoms with E-state index in [1.807, 2.05) is 0 Å². The van der Waals surface area contributed by atoms with Crippen LogP contribution in [0.5, 0.6) is 0 Å². The first-order chi connectivity index (χ1) is 10.7. The second-order valence-corrected chi connectivity index (χ2v) is 5.12. The van der Waals surface area contributed by atoms with E-state index < -0.39 is 35.8 Å². The number of rotatable bonds is 4. The number of carbonyl (C=O) groups excluding carboxylic acids is 1. The molecule has 2 aromatic heterocycles. The number of nitrogens with zero attached hydrogens (tertiary/aromatic N) is 1. The quantitative estimate of drug-likeness (QED) is 0.938. The maximum Gasteiger partial charge on any atom is 0.417 e. The van der Waals surface area contributed by atoms with Gasteiger partial charge in [-0.3, -0.25) is 9.59 Å². The van der Waals surface area contributed by atoms with Gasteiger partial charge in [0.2, 0.25) is 5.91 Å². The SMILES string of the molecule is Cc1ccc([C@@H](C)NC(=O)Cn2cc(C(F)(F)F)ccc2=O)o1. The fourth-order valence-corrected chi connectivity index (χ4v) is 2.02. The zero-order chi connectivity index (χ0) is 17.2. The highest BCUT2D eigenvalue weighted by atomic mass is 19.4. The second kappa shape index (κ2) is 6.31. The molecule has 1 atom stereocenters. The first-order valence-electron chi connectivity index (χ1n) is 6.80. The number of halogens is 3. The van der Waals surface area contributed by atoms with Gasteiger partial charge >= 0.3 is 6.18 Å². The lowest BCUT2D eigenvalue weighted by Crippen LogP contribution is -2.33. The molecule has 0 bridgehead atoms. The van der Waals surface area contributed by atoms with Crippen molar-refractivity contribution in [2.45, 2.75) is 32.6 Å². The van der Waals surface area contributed by atoms with Crippen molar-refractivity contribution in [2.75, 3.05) is 0 Å². The third-order valence-electron chi connectivity index (χ3n) is 3.19. The number of alkyl halides is 3. The topological polar surface area (TPSA) is 64.2 Å². The molecule has 5 nitrogen and oxygen atoms in total. The number of aryl methyl sites for hydroxylation is 1. The number of nitrogens with one attached hydrogen (secondary N) is 1. The summed E-state index contributed by atoms with van der Waals surface area (Å²) in [7, 11) is 0. The Bertz CT molecular complexity index is 762. The van der Waals surface area contributed by atoms with Crippen LogP contribution in [-0.4, -0.2) is 10.5 Å². The Morgan fingerprint density at radius 3 is 2.57 bits per heavy atom. The molecule has 2 heterocycles. The van der Waals surface area contributed by atoms with Gasteiger partial charge < -0.3 is 14.3 Å². The summed E-state index contributed by atoms with van der Waals surface area (Å²) in [6, 6.07) is 4.43. The van der Waals surface area contributed by atoms with Crippen LogP contribution in [-0.2, 0) is 17.5 Å². The second-order valence-electron chi connectivity index (χ2n) is 5.12. The minimum Gasteiger partial charge on any atom is -0.464 e. The smallest absolute Gasteiger partial charge is 0.417 e. The summed E-state index contributed by atoms with van der Waals surface area (Å²) in [5.74, 6) is 0.607. The van der Waals surface area contributed by atoms with E-state index in [0.29, 0.717) is 23.8 Å². The number of furan rings is 1.